The van der Waals surface area contributed by atoms with Crippen LogP contribution in [-0.2, 0) is 13.2 Å². The van der Waals surface area contributed by atoms with Crippen molar-refractivity contribution in [3.63, 3.8) is 0 Å². The van der Waals surface area contributed by atoms with Crippen molar-refractivity contribution in [1.29, 1.82) is 0 Å². The van der Waals surface area contributed by atoms with Crippen LogP contribution >= 0.6 is 0 Å². The standard InChI is InChI=1S/C28H30F4N8O/c1-16-5-6-18(11-25(16)40-15-24(36-37-40)21-14-33-39(4)17(21)2)27(41)35-20-12-22(28(30,31)32)26(29)23(13-20)34-19-7-9-38(3)10-8-19/h5-6,11-15,19,34H,7-10H2,1-4H3,(H,35,41). The van der Waals surface area contributed by atoms with E-state index in [0.717, 1.165) is 29.9 Å². The Balaban J connectivity index is 1.41. The van der Waals surface area contributed by atoms with Crippen molar-refractivity contribution in [2.75, 3.05) is 30.8 Å². The first-order chi connectivity index (χ1) is 19.4. The molecule has 216 valence electrons. The average molecular weight is 571 g/mol. The monoisotopic (exact) mass is 570 g/mol. The molecule has 0 bridgehead atoms. The average Bonchev–Trinajstić information content (AvgIpc) is 3.53. The second-order valence-electron chi connectivity index (χ2n) is 10.4. The van der Waals surface area contributed by atoms with E-state index >= 15 is 0 Å². The summed E-state index contributed by atoms with van der Waals surface area (Å²) in [4.78, 5) is 15.3. The molecule has 9 nitrogen and oxygen atoms in total. The van der Waals surface area contributed by atoms with E-state index in [9.17, 15) is 22.4 Å². The normalized spacial score (nSPS) is 14.8. The fraction of sp³-hybridized carbons (Fsp3) is 0.357. The molecule has 0 radical (unpaired) electrons. The van der Waals surface area contributed by atoms with Gasteiger partial charge in [0.2, 0.25) is 0 Å². The summed E-state index contributed by atoms with van der Waals surface area (Å²) < 4.78 is 59.4. The molecule has 0 aliphatic carbocycles. The summed E-state index contributed by atoms with van der Waals surface area (Å²) in [6, 6.07) is 6.47. The lowest BCUT2D eigenvalue weighted by molar-refractivity contribution is -0.139. The van der Waals surface area contributed by atoms with Crippen molar-refractivity contribution >= 4 is 17.3 Å². The number of aryl methyl sites for hydroxylation is 2. The van der Waals surface area contributed by atoms with Crippen molar-refractivity contribution in [2.24, 2.45) is 7.05 Å². The van der Waals surface area contributed by atoms with Crippen LogP contribution in [0, 0.1) is 19.7 Å². The number of nitrogens with one attached hydrogen (secondary N) is 2. The lowest BCUT2D eigenvalue weighted by Gasteiger charge is -2.30. The van der Waals surface area contributed by atoms with Crippen molar-refractivity contribution in [3.8, 4) is 16.9 Å². The number of halogens is 4. The van der Waals surface area contributed by atoms with Gasteiger partial charge in [-0.1, -0.05) is 11.3 Å². The molecular weight excluding hydrogens is 540 g/mol. The number of amides is 1. The maximum absolute atomic E-state index is 15.0. The third-order valence-corrected chi connectivity index (χ3v) is 7.44. The van der Waals surface area contributed by atoms with Gasteiger partial charge in [-0.2, -0.15) is 18.3 Å². The van der Waals surface area contributed by atoms with Crippen LogP contribution < -0.4 is 10.6 Å². The number of nitrogens with zero attached hydrogens (tertiary/aromatic N) is 6. The summed E-state index contributed by atoms with van der Waals surface area (Å²) in [5.74, 6) is -2.04. The van der Waals surface area contributed by atoms with Crippen LogP contribution in [0.4, 0.5) is 28.9 Å². The third kappa shape index (κ3) is 5.94. The fourth-order valence-electron chi connectivity index (χ4n) is 4.84. The number of carbonyl (C=O) groups excluding carboxylic acids is 1. The second kappa shape index (κ2) is 11.0. The number of benzene rings is 2. The lowest BCUT2D eigenvalue weighted by atomic mass is 10.0. The minimum atomic E-state index is -4.94. The highest BCUT2D eigenvalue weighted by Crippen LogP contribution is 2.37. The fourth-order valence-corrected chi connectivity index (χ4v) is 4.84. The number of rotatable bonds is 6. The Morgan fingerprint density at radius 2 is 1.80 bits per heavy atom. The van der Waals surface area contributed by atoms with Crippen molar-refractivity contribution in [1.82, 2.24) is 29.7 Å². The molecule has 3 heterocycles. The summed E-state index contributed by atoms with van der Waals surface area (Å²) in [7, 11) is 3.77. The van der Waals surface area contributed by atoms with E-state index in [1.807, 2.05) is 27.9 Å². The number of piperidine rings is 1. The molecule has 0 saturated carbocycles. The third-order valence-electron chi connectivity index (χ3n) is 7.44. The summed E-state index contributed by atoms with van der Waals surface area (Å²) in [5.41, 5.74) is 1.95. The first-order valence-electron chi connectivity index (χ1n) is 13.1. The molecule has 41 heavy (non-hydrogen) atoms. The zero-order valence-corrected chi connectivity index (χ0v) is 23.1. The van der Waals surface area contributed by atoms with Crippen LogP contribution in [-0.4, -0.2) is 61.8 Å². The van der Waals surface area contributed by atoms with Crippen LogP contribution in [0.2, 0.25) is 0 Å². The van der Waals surface area contributed by atoms with Gasteiger partial charge in [0.05, 0.1) is 29.3 Å². The minimum absolute atomic E-state index is 0.170. The Labute approximate surface area is 234 Å². The molecule has 1 fully saturated rings. The Morgan fingerprint density at radius 3 is 2.46 bits per heavy atom. The van der Waals surface area contributed by atoms with Gasteiger partial charge in [-0.15, -0.1) is 5.10 Å². The summed E-state index contributed by atoms with van der Waals surface area (Å²) >= 11 is 0. The van der Waals surface area contributed by atoms with Crippen LogP contribution in [0.3, 0.4) is 0 Å². The maximum atomic E-state index is 15.0. The quantitative estimate of drug-likeness (QED) is 0.310. The molecule has 2 N–H and O–H groups in total. The smallest absolute Gasteiger partial charge is 0.380 e. The molecule has 1 saturated heterocycles. The van der Waals surface area contributed by atoms with Crippen LogP contribution in [0.15, 0.2) is 42.7 Å². The van der Waals surface area contributed by atoms with Gasteiger partial charge in [-0.3, -0.25) is 9.48 Å². The molecule has 0 unspecified atom stereocenters. The molecule has 5 rings (SSSR count). The number of hydrogen-bond donors (Lipinski definition) is 2. The summed E-state index contributed by atoms with van der Waals surface area (Å²) in [6.07, 6.45) is -0.226. The highest BCUT2D eigenvalue weighted by Gasteiger charge is 2.36. The molecular formula is C28H30F4N8O. The van der Waals surface area contributed by atoms with Crippen LogP contribution in [0.5, 0.6) is 0 Å². The van der Waals surface area contributed by atoms with E-state index in [4.69, 9.17) is 0 Å². The van der Waals surface area contributed by atoms with Gasteiger partial charge in [-0.05, 0) is 76.7 Å². The number of alkyl halides is 3. The Kier molecular flexibility index (Phi) is 7.56. The van der Waals surface area contributed by atoms with Gasteiger partial charge in [0.1, 0.15) is 5.69 Å². The highest BCUT2D eigenvalue weighted by molar-refractivity contribution is 6.05. The molecule has 0 spiro atoms. The van der Waals surface area contributed by atoms with Crippen LogP contribution in [0.1, 0.15) is 40.0 Å². The van der Waals surface area contributed by atoms with Crippen LogP contribution in [0.25, 0.3) is 16.9 Å². The largest absolute Gasteiger partial charge is 0.419 e. The first kappa shape index (κ1) is 28.3. The van der Waals surface area contributed by atoms with Crippen molar-refractivity contribution < 1.29 is 22.4 Å². The number of hydrogen-bond acceptors (Lipinski definition) is 6. The molecule has 1 aliphatic rings. The summed E-state index contributed by atoms with van der Waals surface area (Å²) in [5, 5.41) is 18.1. The number of carbonyl (C=O) groups is 1. The van der Waals surface area contributed by atoms with Gasteiger partial charge >= 0.3 is 6.18 Å². The van der Waals surface area contributed by atoms with Gasteiger partial charge in [0.25, 0.3) is 5.91 Å². The Hall–Kier alpha value is -4.26. The highest BCUT2D eigenvalue weighted by atomic mass is 19.4. The van der Waals surface area contributed by atoms with E-state index in [0.29, 0.717) is 30.3 Å². The van der Waals surface area contributed by atoms with Crippen molar-refractivity contribution in [3.05, 3.63) is 70.9 Å². The number of aromatic nitrogens is 5. The van der Waals surface area contributed by atoms with Gasteiger partial charge < -0.3 is 15.5 Å². The van der Waals surface area contributed by atoms with Gasteiger partial charge in [-0.25, -0.2) is 9.07 Å². The lowest BCUT2D eigenvalue weighted by Crippen LogP contribution is -2.37. The van der Waals surface area contributed by atoms with Gasteiger partial charge in [0.15, 0.2) is 5.82 Å². The van der Waals surface area contributed by atoms with E-state index in [2.05, 4.69) is 30.9 Å². The number of anilines is 2. The zero-order valence-electron chi connectivity index (χ0n) is 23.1. The maximum Gasteiger partial charge on any atom is 0.419 e. The summed E-state index contributed by atoms with van der Waals surface area (Å²) in [6.45, 7) is 5.23. The van der Waals surface area contributed by atoms with Crippen molar-refractivity contribution in [2.45, 2.75) is 38.9 Å². The SMILES string of the molecule is Cc1ccc(C(=O)Nc2cc(NC3CCN(C)CC3)c(F)c(C(F)(F)F)c2)cc1-n1cc(-c2cnn(C)c2C)nn1. The topological polar surface area (TPSA) is 92.9 Å². The predicted molar refractivity (Wildman–Crippen MR) is 147 cm³/mol. The molecule has 1 aliphatic heterocycles. The molecule has 0 atom stereocenters. The predicted octanol–water partition coefficient (Wildman–Crippen LogP) is 5.20. The van der Waals surface area contributed by atoms with Gasteiger partial charge in [0, 0.05) is 35.6 Å². The molecule has 1 amide bonds. The van der Waals surface area contributed by atoms with E-state index in [-0.39, 0.29) is 23.0 Å². The Bertz CT molecular complexity index is 1580. The molecule has 2 aromatic heterocycles. The van der Waals surface area contributed by atoms with E-state index in [1.165, 1.54) is 10.7 Å². The molecule has 13 heteroatoms. The minimum Gasteiger partial charge on any atom is -0.380 e. The first-order valence-corrected chi connectivity index (χ1v) is 13.1. The number of likely N-dealkylation sites (tertiary alicyclic amines) is 1. The zero-order chi connectivity index (χ0) is 29.5. The Morgan fingerprint density at radius 1 is 1.07 bits per heavy atom. The molecule has 2 aromatic carbocycles. The molecule has 4 aromatic rings. The van der Waals surface area contributed by atoms with E-state index in [1.54, 1.807) is 35.3 Å². The second-order valence-corrected chi connectivity index (χ2v) is 10.4. The van der Waals surface area contributed by atoms with E-state index < -0.39 is 23.5 Å².